The molecule has 1 saturated heterocycles. The Morgan fingerprint density at radius 3 is 2.43 bits per heavy atom. The van der Waals surface area contributed by atoms with Gasteiger partial charge in [0.25, 0.3) is 10.2 Å². The van der Waals surface area contributed by atoms with Gasteiger partial charge in [0.1, 0.15) is 0 Å². The molecule has 4 unspecified atom stereocenters. The smallest absolute Gasteiger partial charge is 0.279 e. The quantitative estimate of drug-likeness (QED) is 0.804. The molecule has 2 aliphatic carbocycles. The molecule has 0 spiro atoms. The van der Waals surface area contributed by atoms with E-state index in [2.05, 4.69) is 4.72 Å². The van der Waals surface area contributed by atoms with Gasteiger partial charge in [-0.3, -0.25) is 0 Å². The van der Waals surface area contributed by atoms with Crippen molar-refractivity contribution < 1.29 is 13.5 Å². The van der Waals surface area contributed by atoms with Crippen LogP contribution in [0.4, 0.5) is 0 Å². The van der Waals surface area contributed by atoms with Gasteiger partial charge in [0.05, 0.1) is 0 Å². The van der Waals surface area contributed by atoms with E-state index in [1.54, 1.807) is 4.31 Å². The van der Waals surface area contributed by atoms with Gasteiger partial charge in [-0.1, -0.05) is 6.42 Å². The summed E-state index contributed by atoms with van der Waals surface area (Å²) < 4.78 is 29.5. The van der Waals surface area contributed by atoms with Crippen LogP contribution < -0.4 is 4.72 Å². The fraction of sp³-hybridized carbons (Fsp3) is 1.00. The summed E-state index contributed by atoms with van der Waals surface area (Å²) in [6, 6.07) is 0.0425. The summed E-state index contributed by atoms with van der Waals surface area (Å²) in [5.41, 5.74) is 0. The van der Waals surface area contributed by atoms with Crippen LogP contribution in [0.2, 0.25) is 0 Å². The van der Waals surface area contributed by atoms with Gasteiger partial charge in [-0.15, -0.1) is 0 Å². The number of hydrogen-bond donors (Lipinski definition) is 2. The van der Waals surface area contributed by atoms with E-state index >= 15 is 0 Å². The van der Waals surface area contributed by atoms with E-state index in [-0.39, 0.29) is 18.6 Å². The van der Waals surface area contributed by atoms with Crippen molar-refractivity contribution in [3.8, 4) is 0 Å². The van der Waals surface area contributed by atoms with Crippen molar-refractivity contribution in [1.29, 1.82) is 0 Å². The molecular formula is C15H28N2O3S. The minimum atomic E-state index is -3.37. The van der Waals surface area contributed by atoms with Crippen molar-refractivity contribution >= 4 is 10.2 Å². The molecule has 6 heteroatoms. The predicted octanol–water partition coefficient (Wildman–Crippen LogP) is 1.35. The molecule has 2 saturated carbocycles. The Bertz CT molecular complexity index is 460. The van der Waals surface area contributed by atoms with Crippen molar-refractivity contribution in [2.75, 3.05) is 19.7 Å². The lowest BCUT2D eigenvalue weighted by Gasteiger charge is -2.33. The van der Waals surface area contributed by atoms with E-state index < -0.39 is 10.2 Å². The Balaban J connectivity index is 1.56. The fourth-order valence-corrected chi connectivity index (χ4v) is 6.12. The first kappa shape index (κ1) is 15.7. The summed E-state index contributed by atoms with van der Waals surface area (Å²) in [6.07, 6.45) is 6.65. The number of aliphatic hydroxyl groups excluding tert-OH is 1. The van der Waals surface area contributed by atoms with E-state index in [0.29, 0.717) is 19.0 Å². The van der Waals surface area contributed by atoms with Crippen LogP contribution >= 0.6 is 0 Å². The molecule has 0 amide bonds. The fourth-order valence-electron chi connectivity index (χ4n) is 4.64. The summed E-state index contributed by atoms with van der Waals surface area (Å²) >= 11 is 0. The van der Waals surface area contributed by atoms with Gasteiger partial charge in [0.2, 0.25) is 0 Å². The molecule has 2 N–H and O–H groups in total. The molecule has 3 aliphatic rings. The molecule has 3 fully saturated rings. The van der Waals surface area contributed by atoms with Crippen molar-refractivity contribution in [3.05, 3.63) is 0 Å². The number of nitrogens with zero attached hydrogens (tertiary/aromatic N) is 1. The van der Waals surface area contributed by atoms with Crippen molar-refractivity contribution in [1.82, 2.24) is 9.03 Å². The molecule has 4 atom stereocenters. The average molecular weight is 316 g/mol. The van der Waals surface area contributed by atoms with Crippen LogP contribution in [0.15, 0.2) is 0 Å². The predicted molar refractivity (Wildman–Crippen MR) is 81.8 cm³/mol. The van der Waals surface area contributed by atoms with Crippen molar-refractivity contribution in [2.24, 2.45) is 23.7 Å². The molecule has 1 heterocycles. The lowest BCUT2D eigenvalue weighted by molar-refractivity contribution is 0.168. The maximum atomic E-state index is 12.5. The van der Waals surface area contributed by atoms with Crippen LogP contribution in [0.5, 0.6) is 0 Å². The lowest BCUT2D eigenvalue weighted by atomic mass is 9.84. The standard InChI is InChI=1S/C15H28N2O3S/c1-11(15-9-13-2-3-14(15)8-13)16-21(19,20)17-6-4-12(10-18)5-7-17/h11-16,18H,2-10H2,1H3. The van der Waals surface area contributed by atoms with Gasteiger partial charge in [0.15, 0.2) is 0 Å². The minimum absolute atomic E-state index is 0.0425. The Labute approximate surface area is 128 Å². The molecule has 0 aromatic carbocycles. The second-order valence-corrected chi connectivity index (χ2v) is 8.98. The largest absolute Gasteiger partial charge is 0.396 e. The summed E-state index contributed by atoms with van der Waals surface area (Å²) in [6.45, 7) is 3.26. The normalized spacial score (nSPS) is 36.2. The monoisotopic (exact) mass is 316 g/mol. The maximum absolute atomic E-state index is 12.5. The number of fused-ring (bicyclic) bond motifs is 2. The molecule has 0 aromatic rings. The third-order valence-electron chi connectivity index (χ3n) is 5.94. The minimum Gasteiger partial charge on any atom is -0.396 e. The Hall–Kier alpha value is -0.170. The highest BCUT2D eigenvalue weighted by molar-refractivity contribution is 7.87. The van der Waals surface area contributed by atoms with E-state index in [1.807, 2.05) is 6.92 Å². The Morgan fingerprint density at radius 1 is 1.19 bits per heavy atom. The van der Waals surface area contributed by atoms with Crippen molar-refractivity contribution in [3.63, 3.8) is 0 Å². The third-order valence-corrected chi connectivity index (χ3v) is 7.66. The summed E-state index contributed by atoms with van der Waals surface area (Å²) in [5, 5.41) is 9.15. The SMILES string of the molecule is CC(NS(=O)(=O)N1CCC(CO)CC1)C1CC2CCC1C2. The topological polar surface area (TPSA) is 69.6 Å². The molecule has 5 nitrogen and oxygen atoms in total. The highest BCUT2D eigenvalue weighted by atomic mass is 32.2. The van der Waals surface area contributed by atoms with Crippen LogP contribution in [0.25, 0.3) is 0 Å². The van der Waals surface area contributed by atoms with Gasteiger partial charge in [-0.25, -0.2) is 0 Å². The van der Waals surface area contributed by atoms with Crippen LogP contribution in [-0.4, -0.2) is 43.6 Å². The van der Waals surface area contributed by atoms with Gasteiger partial charge in [-0.05, 0) is 62.7 Å². The van der Waals surface area contributed by atoms with Gasteiger partial charge >= 0.3 is 0 Å². The number of nitrogens with one attached hydrogen (secondary N) is 1. The van der Waals surface area contributed by atoms with Gasteiger partial charge in [0, 0.05) is 25.7 Å². The molecule has 122 valence electrons. The van der Waals surface area contributed by atoms with E-state index in [4.69, 9.17) is 5.11 Å². The van der Waals surface area contributed by atoms with Gasteiger partial charge < -0.3 is 5.11 Å². The highest BCUT2D eigenvalue weighted by Gasteiger charge is 2.43. The first-order valence-corrected chi connectivity index (χ1v) is 9.82. The van der Waals surface area contributed by atoms with Crippen LogP contribution in [0.3, 0.4) is 0 Å². The first-order chi connectivity index (χ1) is 9.99. The molecule has 1 aliphatic heterocycles. The molecule has 3 rings (SSSR count). The number of hydrogen-bond acceptors (Lipinski definition) is 3. The number of aliphatic hydroxyl groups is 1. The second kappa shape index (κ2) is 6.14. The molecule has 2 bridgehead atoms. The number of rotatable bonds is 5. The summed E-state index contributed by atoms with van der Waals surface area (Å²) in [7, 11) is -3.37. The van der Waals surface area contributed by atoms with Crippen molar-refractivity contribution in [2.45, 2.75) is 51.5 Å². The molecule has 0 aromatic heterocycles. The maximum Gasteiger partial charge on any atom is 0.279 e. The van der Waals surface area contributed by atoms with Crippen LogP contribution in [-0.2, 0) is 10.2 Å². The average Bonchev–Trinajstić information content (AvgIpc) is 3.09. The number of piperidine rings is 1. The zero-order chi connectivity index (χ0) is 15.0. The molecular weight excluding hydrogens is 288 g/mol. The van der Waals surface area contributed by atoms with Gasteiger partial charge in [-0.2, -0.15) is 17.4 Å². The summed E-state index contributed by atoms with van der Waals surface area (Å²) in [5.74, 6) is 2.35. The first-order valence-electron chi connectivity index (χ1n) is 8.38. The third kappa shape index (κ3) is 3.28. The highest BCUT2D eigenvalue weighted by Crippen LogP contribution is 2.49. The molecule has 21 heavy (non-hydrogen) atoms. The Morgan fingerprint density at radius 2 is 1.90 bits per heavy atom. The Kier molecular flexibility index (Phi) is 4.60. The zero-order valence-corrected chi connectivity index (χ0v) is 13.7. The molecule has 0 radical (unpaired) electrons. The van der Waals surface area contributed by atoms with E-state index in [9.17, 15) is 8.42 Å². The summed E-state index contributed by atoms with van der Waals surface area (Å²) in [4.78, 5) is 0. The lowest BCUT2D eigenvalue weighted by Crippen LogP contribution is -2.50. The van der Waals surface area contributed by atoms with Crippen LogP contribution in [0.1, 0.15) is 45.4 Å². The van der Waals surface area contributed by atoms with E-state index in [1.165, 1.54) is 25.7 Å². The van der Waals surface area contributed by atoms with Crippen LogP contribution in [0, 0.1) is 23.7 Å². The van der Waals surface area contributed by atoms with E-state index in [0.717, 1.165) is 24.7 Å². The zero-order valence-electron chi connectivity index (χ0n) is 12.9. The second-order valence-electron chi connectivity index (χ2n) is 7.28.